The molecule has 0 aromatic heterocycles. The van der Waals surface area contributed by atoms with E-state index < -0.39 is 0 Å². The summed E-state index contributed by atoms with van der Waals surface area (Å²) >= 11 is 0. The third kappa shape index (κ3) is 3.09. The Kier molecular flexibility index (Phi) is 4.43. The maximum absolute atomic E-state index is 5.66. The lowest BCUT2D eigenvalue weighted by molar-refractivity contribution is 0.167. The Bertz CT molecular complexity index is 284. The van der Waals surface area contributed by atoms with Gasteiger partial charge < -0.3 is 4.74 Å². The first-order chi connectivity index (χ1) is 7.90. The van der Waals surface area contributed by atoms with E-state index in [0.29, 0.717) is 0 Å². The standard InChI is InChI=1S/C13H22N2O/c14-15-12(13-8-4-5-9-16-13)10-11-6-2-1-3-7-11/h6,8,12,15H,1-5,7,9-10,14H2. The fourth-order valence-electron chi connectivity index (χ4n) is 2.41. The van der Waals surface area contributed by atoms with Crippen molar-refractivity contribution in [2.24, 2.45) is 5.84 Å². The first-order valence-corrected chi connectivity index (χ1v) is 6.37. The van der Waals surface area contributed by atoms with Gasteiger partial charge in [0.15, 0.2) is 0 Å². The molecule has 0 saturated carbocycles. The quantitative estimate of drug-likeness (QED) is 0.436. The number of hydrazine groups is 1. The van der Waals surface area contributed by atoms with Gasteiger partial charge >= 0.3 is 0 Å². The summed E-state index contributed by atoms with van der Waals surface area (Å²) in [6.07, 6.45) is 12.9. The van der Waals surface area contributed by atoms with Crippen LogP contribution in [0.3, 0.4) is 0 Å². The van der Waals surface area contributed by atoms with E-state index in [-0.39, 0.29) is 6.04 Å². The van der Waals surface area contributed by atoms with Gasteiger partial charge in [0.1, 0.15) is 5.76 Å². The van der Waals surface area contributed by atoms with Crippen LogP contribution in [0.2, 0.25) is 0 Å². The number of nitrogens with one attached hydrogen (secondary N) is 1. The van der Waals surface area contributed by atoms with Crippen LogP contribution in [0.5, 0.6) is 0 Å². The highest BCUT2D eigenvalue weighted by molar-refractivity contribution is 5.14. The molecular weight excluding hydrogens is 200 g/mol. The SMILES string of the molecule is NNC(CC1=CCCCC1)C1=CCCCO1. The van der Waals surface area contributed by atoms with Gasteiger partial charge in [-0.15, -0.1) is 0 Å². The van der Waals surface area contributed by atoms with E-state index in [4.69, 9.17) is 10.6 Å². The van der Waals surface area contributed by atoms with E-state index in [1.165, 1.54) is 31.3 Å². The van der Waals surface area contributed by atoms with Crippen molar-refractivity contribution in [1.82, 2.24) is 5.43 Å². The number of hydrogen-bond donors (Lipinski definition) is 2. The Balaban J connectivity index is 1.93. The molecule has 3 heteroatoms. The first-order valence-electron chi connectivity index (χ1n) is 6.37. The Morgan fingerprint density at radius 3 is 2.75 bits per heavy atom. The average molecular weight is 222 g/mol. The highest BCUT2D eigenvalue weighted by Gasteiger charge is 2.18. The van der Waals surface area contributed by atoms with Crippen LogP contribution < -0.4 is 11.3 Å². The molecule has 0 fully saturated rings. The van der Waals surface area contributed by atoms with Crippen molar-refractivity contribution in [1.29, 1.82) is 0 Å². The highest BCUT2D eigenvalue weighted by atomic mass is 16.5. The van der Waals surface area contributed by atoms with Crippen LogP contribution in [0.4, 0.5) is 0 Å². The molecule has 2 rings (SSSR count). The molecule has 0 saturated heterocycles. The van der Waals surface area contributed by atoms with Crippen LogP contribution in [0.15, 0.2) is 23.5 Å². The third-order valence-corrected chi connectivity index (χ3v) is 3.36. The Hall–Kier alpha value is -0.800. The van der Waals surface area contributed by atoms with Crippen molar-refractivity contribution in [2.75, 3.05) is 6.61 Å². The van der Waals surface area contributed by atoms with Crippen LogP contribution in [0, 0.1) is 0 Å². The van der Waals surface area contributed by atoms with Gasteiger partial charge in [0.05, 0.1) is 12.6 Å². The summed E-state index contributed by atoms with van der Waals surface area (Å²) < 4.78 is 5.66. The van der Waals surface area contributed by atoms with Crippen molar-refractivity contribution < 1.29 is 4.74 Å². The maximum Gasteiger partial charge on any atom is 0.111 e. The Labute approximate surface area is 97.7 Å². The predicted octanol–water partition coefficient (Wildman–Crippen LogP) is 2.40. The minimum atomic E-state index is 0.171. The number of ether oxygens (including phenoxy) is 1. The second-order valence-corrected chi connectivity index (χ2v) is 4.63. The lowest BCUT2D eigenvalue weighted by atomic mass is 9.93. The molecule has 1 aliphatic heterocycles. The topological polar surface area (TPSA) is 47.3 Å². The highest BCUT2D eigenvalue weighted by Crippen LogP contribution is 2.24. The third-order valence-electron chi connectivity index (χ3n) is 3.36. The molecule has 90 valence electrons. The summed E-state index contributed by atoms with van der Waals surface area (Å²) in [5, 5.41) is 0. The molecule has 2 aliphatic rings. The van der Waals surface area contributed by atoms with Gasteiger partial charge in [-0.3, -0.25) is 5.84 Å². The number of allylic oxidation sites excluding steroid dienone is 2. The lowest BCUT2D eigenvalue weighted by Crippen LogP contribution is -2.38. The van der Waals surface area contributed by atoms with Crippen molar-refractivity contribution in [3.05, 3.63) is 23.5 Å². The molecule has 0 amide bonds. The largest absolute Gasteiger partial charge is 0.497 e. The molecule has 3 nitrogen and oxygen atoms in total. The van der Waals surface area contributed by atoms with E-state index in [1.54, 1.807) is 0 Å². The summed E-state index contributed by atoms with van der Waals surface area (Å²) in [6.45, 7) is 0.836. The van der Waals surface area contributed by atoms with Gasteiger partial charge in [-0.05, 0) is 51.0 Å². The average Bonchev–Trinajstić information content (AvgIpc) is 2.38. The monoisotopic (exact) mass is 222 g/mol. The fraction of sp³-hybridized carbons (Fsp3) is 0.692. The zero-order valence-electron chi connectivity index (χ0n) is 9.87. The van der Waals surface area contributed by atoms with E-state index in [0.717, 1.165) is 31.6 Å². The molecule has 0 spiro atoms. The van der Waals surface area contributed by atoms with Gasteiger partial charge in [0.2, 0.25) is 0 Å². The lowest BCUT2D eigenvalue weighted by Gasteiger charge is -2.25. The van der Waals surface area contributed by atoms with Crippen molar-refractivity contribution in [2.45, 2.75) is 51.0 Å². The second kappa shape index (κ2) is 6.06. The Morgan fingerprint density at radius 1 is 1.25 bits per heavy atom. The molecule has 3 N–H and O–H groups in total. The fourth-order valence-corrected chi connectivity index (χ4v) is 2.41. The van der Waals surface area contributed by atoms with Crippen molar-refractivity contribution in [3.8, 4) is 0 Å². The molecule has 0 radical (unpaired) electrons. The van der Waals surface area contributed by atoms with E-state index in [2.05, 4.69) is 17.6 Å². The molecule has 1 atom stereocenters. The minimum absolute atomic E-state index is 0.171. The molecule has 16 heavy (non-hydrogen) atoms. The van der Waals surface area contributed by atoms with Crippen LogP contribution in [-0.4, -0.2) is 12.6 Å². The number of rotatable bonds is 4. The van der Waals surface area contributed by atoms with Crippen molar-refractivity contribution >= 4 is 0 Å². The summed E-state index contributed by atoms with van der Waals surface area (Å²) in [7, 11) is 0. The summed E-state index contributed by atoms with van der Waals surface area (Å²) in [5.74, 6) is 6.66. The number of hydrogen-bond acceptors (Lipinski definition) is 3. The zero-order valence-corrected chi connectivity index (χ0v) is 9.87. The molecule has 0 bridgehead atoms. The summed E-state index contributed by atoms with van der Waals surface area (Å²) in [4.78, 5) is 0. The van der Waals surface area contributed by atoms with Crippen molar-refractivity contribution in [3.63, 3.8) is 0 Å². The van der Waals surface area contributed by atoms with E-state index >= 15 is 0 Å². The molecule has 0 aromatic rings. The van der Waals surface area contributed by atoms with Crippen LogP contribution >= 0.6 is 0 Å². The first kappa shape index (κ1) is 11.7. The summed E-state index contributed by atoms with van der Waals surface area (Å²) in [5.41, 5.74) is 4.42. The molecular formula is C13H22N2O. The van der Waals surface area contributed by atoms with Gasteiger partial charge in [0, 0.05) is 0 Å². The summed E-state index contributed by atoms with van der Waals surface area (Å²) in [6, 6.07) is 0.171. The normalized spacial score (nSPS) is 23.1. The van der Waals surface area contributed by atoms with Gasteiger partial charge in [-0.1, -0.05) is 11.6 Å². The minimum Gasteiger partial charge on any atom is -0.497 e. The van der Waals surface area contributed by atoms with Crippen LogP contribution in [0.1, 0.15) is 44.9 Å². The van der Waals surface area contributed by atoms with Crippen LogP contribution in [0.25, 0.3) is 0 Å². The second-order valence-electron chi connectivity index (χ2n) is 4.63. The van der Waals surface area contributed by atoms with Gasteiger partial charge in [-0.2, -0.15) is 0 Å². The van der Waals surface area contributed by atoms with E-state index in [1.807, 2.05) is 0 Å². The molecule has 1 unspecified atom stereocenters. The zero-order chi connectivity index (χ0) is 11.2. The van der Waals surface area contributed by atoms with Gasteiger partial charge in [0.25, 0.3) is 0 Å². The molecule has 1 aliphatic carbocycles. The molecule has 1 heterocycles. The predicted molar refractivity (Wildman–Crippen MR) is 65.5 cm³/mol. The van der Waals surface area contributed by atoms with Crippen LogP contribution in [-0.2, 0) is 4.74 Å². The maximum atomic E-state index is 5.66. The molecule has 0 aromatic carbocycles. The van der Waals surface area contributed by atoms with E-state index in [9.17, 15) is 0 Å². The number of nitrogens with two attached hydrogens (primary N) is 1. The van der Waals surface area contributed by atoms with Gasteiger partial charge in [-0.25, -0.2) is 5.43 Å². The smallest absolute Gasteiger partial charge is 0.111 e. The Morgan fingerprint density at radius 2 is 2.12 bits per heavy atom.